The minimum Gasteiger partial charge on any atom is -0.462 e. The Morgan fingerprint density at radius 1 is 0.576 bits per heavy atom. The van der Waals surface area contributed by atoms with Gasteiger partial charge >= 0.3 is 19.8 Å². The van der Waals surface area contributed by atoms with E-state index in [1.165, 1.54) is 70.6 Å². The van der Waals surface area contributed by atoms with E-state index in [0.29, 0.717) is 12.8 Å². The van der Waals surface area contributed by atoms with Crippen LogP contribution in [-0.2, 0) is 32.7 Å². The zero-order valence-corrected chi connectivity index (χ0v) is 37.0. The van der Waals surface area contributed by atoms with Crippen LogP contribution in [0.3, 0.4) is 0 Å². The smallest absolute Gasteiger partial charge is 0.462 e. The molecule has 6 N–H and O–H groups in total. The van der Waals surface area contributed by atoms with E-state index in [1.54, 1.807) is 0 Å². The third-order valence-electron chi connectivity index (χ3n) is 10.6. The molecule has 0 bridgehead atoms. The Morgan fingerprint density at radius 3 is 1.49 bits per heavy atom. The number of phosphoric ester groups is 1. The van der Waals surface area contributed by atoms with Gasteiger partial charge in [-0.2, -0.15) is 0 Å². The van der Waals surface area contributed by atoms with Crippen molar-refractivity contribution < 1.29 is 63.1 Å². The zero-order valence-electron chi connectivity index (χ0n) is 36.1. The van der Waals surface area contributed by atoms with Gasteiger partial charge in [-0.05, 0) is 57.8 Å². The van der Waals surface area contributed by atoms with Crippen LogP contribution in [0.4, 0.5) is 0 Å². The summed E-state index contributed by atoms with van der Waals surface area (Å²) < 4.78 is 33.5. The molecule has 0 heterocycles. The van der Waals surface area contributed by atoms with Crippen molar-refractivity contribution in [3.05, 3.63) is 37.0 Å². The first-order valence-corrected chi connectivity index (χ1v) is 24.2. The summed E-state index contributed by atoms with van der Waals surface area (Å²) >= 11 is 0. The fraction of sp³-hybridized carbons (Fsp3) is 0.822. The lowest BCUT2D eigenvalue weighted by Crippen LogP contribution is -2.64. The van der Waals surface area contributed by atoms with Gasteiger partial charge in [-0.1, -0.05) is 140 Å². The Labute approximate surface area is 355 Å². The topological polar surface area (TPSA) is 210 Å². The molecular formula is C45H81O13P. The number of carbonyl (C=O) groups is 2. The van der Waals surface area contributed by atoms with E-state index < -0.39 is 75.7 Å². The highest BCUT2D eigenvalue weighted by molar-refractivity contribution is 7.47. The summed E-state index contributed by atoms with van der Waals surface area (Å²) in [5.41, 5.74) is 0. The number of allylic oxidation sites excluding steroid dienone is 5. The summed E-state index contributed by atoms with van der Waals surface area (Å²) in [7, 11) is -5.12. The summed E-state index contributed by atoms with van der Waals surface area (Å²) in [6.45, 7) is 4.79. The summed E-state index contributed by atoms with van der Waals surface area (Å²) in [6.07, 6.45) is 25.2. The summed E-state index contributed by atoms with van der Waals surface area (Å²) in [5, 5.41) is 50.1. The molecule has 1 aliphatic rings. The first kappa shape index (κ1) is 55.1. The molecule has 8 atom stereocenters. The lowest BCUT2D eigenvalue weighted by atomic mass is 9.85. The molecule has 0 saturated heterocycles. The molecule has 0 spiro atoms. The largest absolute Gasteiger partial charge is 0.472 e. The van der Waals surface area contributed by atoms with Crippen molar-refractivity contribution >= 4 is 19.8 Å². The lowest BCUT2D eigenvalue weighted by Gasteiger charge is -2.41. The molecule has 344 valence electrons. The third kappa shape index (κ3) is 28.3. The first-order valence-electron chi connectivity index (χ1n) is 22.8. The molecule has 13 nitrogen and oxygen atoms in total. The van der Waals surface area contributed by atoms with E-state index in [1.807, 2.05) is 6.08 Å². The number of hydrogen-bond donors (Lipinski definition) is 6. The van der Waals surface area contributed by atoms with Gasteiger partial charge in [0.1, 0.15) is 43.2 Å². The van der Waals surface area contributed by atoms with Crippen molar-refractivity contribution in [1.29, 1.82) is 0 Å². The predicted octanol–water partition coefficient (Wildman–Crippen LogP) is 8.61. The highest BCUT2D eigenvalue weighted by Crippen LogP contribution is 2.47. The van der Waals surface area contributed by atoms with E-state index in [2.05, 4.69) is 37.8 Å². The number of unbranched alkanes of at least 4 members (excludes halogenated alkanes) is 21. The molecular weight excluding hydrogens is 779 g/mol. The lowest BCUT2D eigenvalue weighted by molar-refractivity contribution is -0.220. The van der Waals surface area contributed by atoms with Crippen LogP contribution in [0, 0.1) is 0 Å². The minimum absolute atomic E-state index is 0.0923. The van der Waals surface area contributed by atoms with Gasteiger partial charge in [0.15, 0.2) is 6.10 Å². The molecule has 1 rings (SSSR count). The second-order valence-electron chi connectivity index (χ2n) is 16.0. The molecule has 0 amide bonds. The van der Waals surface area contributed by atoms with Crippen molar-refractivity contribution in [2.45, 2.75) is 223 Å². The van der Waals surface area contributed by atoms with Gasteiger partial charge in [0.25, 0.3) is 0 Å². The van der Waals surface area contributed by atoms with E-state index in [-0.39, 0.29) is 12.8 Å². The van der Waals surface area contributed by atoms with Crippen LogP contribution in [0.15, 0.2) is 37.0 Å². The second kappa shape index (κ2) is 35.6. The molecule has 1 saturated carbocycles. The van der Waals surface area contributed by atoms with Crippen LogP contribution in [0.1, 0.15) is 180 Å². The monoisotopic (exact) mass is 861 g/mol. The van der Waals surface area contributed by atoms with E-state index in [4.69, 9.17) is 18.5 Å². The fourth-order valence-electron chi connectivity index (χ4n) is 6.89. The number of aliphatic hydroxyl groups is 5. The molecule has 59 heavy (non-hydrogen) atoms. The van der Waals surface area contributed by atoms with Crippen LogP contribution in [0.2, 0.25) is 0 Å². The molecule has 0 aliphatic heterocycles. The second-order valence-corrected chi connectivity index (χ2v) is 17.4. The summed E-state index contributed by atoms with van der Waals surface area (Å²) in [4.78, 5) is 35.7. The van der Waals surface area contributed by atoms with Crippen molar-refractivity contribution in [2.24, 2.45) is 0 Å². The Hall–Kier alpha value is -1.93. The molecule has 0 radical (unpaired) electrons. The Balaban J connectivity index is 2.47. The van der Waals surface area contributed by atoms with Gasteiger partial charge in [-0.3, -0.25) is 18.6 Å². The Kier molecular flexibility index (Phi) is 33.3. The van der Waals surface area contributed by atoms with E-state index in [0.717, 1.165) is 77.0 Å². The van der Waals surface area contributed by atoms with Crippen molar-refractivity contribution in [3.63, 3.8) is 0 Å². The number of phosphoric acid groups is 1. The number of rotatable bonds is 38. The SMILES string of the molecule is C=CCCCCCCCCCCCCCCCC(=O)O[C@H](COC(=O)CCCCCCC/C=C/C/C=C/CCCCC)COP(=O)(O)OC1C(O)C(O)C(O)[C@@H](O)C1O. The number of carbonyl (C=O) groups excluding carboxylic acids is 2. The number of ether oxygens (including phenoxy) is 2. The van der Waals surface area contributed by atoms with Gasteiger partial charge in [-0.25, -0.2) is 4.57 Å². The van der Waals surface area contributed by atoms with Crippen LogP contribution in [0.25, 0.3) is 0 Å². The molecule has 0 aromatic carbocycles. The minimum atomic E-state index is -5.12. The average molecular weight is 861 g/mol. The van der Waals surface area contributed by atoms with E-state index in [9.17, 15) is 44.6 Å². The molecule has 1 aliphatic carbocycles. The van der Waals surface area contributed by atoms with Gasteiger partial charge in [-0.15, -0.1) is 6.58 Å². The van der Waals surface area contributed by atoms with Crippen LogP contribution < -0.4 is 0 Å². The summed E-state index contributed by atoms with van der Waals surface area (Å²) in [6, 6.07) is 0. The summed E-state index contributed by atoms with van der Waals surface area (Å²) in [5.74, 6) is -1.12. The van der Waals surface area contributed by atoms with Crippen LogP contribution >= 0.6 is 7.82 Å². The zero-order chi connectivity index (χ0) is 43.6. The normalized spacial score (nSPS) is 22.4. The predicted molar refractivity (Wildman–Crippen MR) is 230 cm³/mol. The third-order valence-corrected chi connectivity index (χ3v) is 11.6. The quantitative estimate of drug-likeness (QED) is 0.0149. The maximum absolute atomic E-state index is 12.8. The van der Waals surface area contributed by atoms with Gasteiger partial charge in [0.2, 0.25) is 0 Å². The average Bonchev–Trinajstić information content (AvgIpc) is 3.21. The van der Waals surface area contributed by atoms with Gasteiger partial charge in [0.05, 0.1) is 6.61 Å². The molecule has 0 aromatic heterocycles. The van der Waals surface area contributed by atoms with Crippen LogP contribution in [-0.4, -0.2) is 98.3 Å². The van der Waals surface area contributed by atoms with Gasteiger partial charge < -0.3 is 39.9 Å². The van der Waals surface area contributed by atoms with Gasteiger partial charge in [0, 0.05) is 12.8 Å². The molecule has 6 unspecified atom stereocenters. The highest BCUT2D eigenvalue weighted by atomic mass is 31.2. The maximum Gasteiger partial charge on any atom is 0.472 e. The van der Waals surface area contributed by atoms with E-state index >= 15 is 0 Å². The number of aliphatic hydroxyl groups excluding tert-OH is 5. The fourth-order valence-corrected chi connectivity index (χ4v) is 7.86. The molecule has 1 fully saturated rings. The Morgan fingerprint density at radius 2 is 1.00 bits per heavy atom. The highest BCUT2D eigenvalue weighted by Gasteiger charge is 2.51. The molecule has 0 aromatic rings. The van der Waals surface area contributed by atoms with Crippen molar-refractivity contribution in [3.8, 4) is 0 Å². The molecule has 14 heteroatoms. The van der Waals surface area contributed by atoms with Crippen LogP contribution in [0.5, 0.6) is 0 Å². The standard InChI is InChI=1S/C45H81O13P/c1-3-5-7-9-11-13-15-17-19-21-23-25-27-29-31-33-38(46)55-35-37(36-56-59(53,54)58-45-43(51)41(49)40(48)42(50)44(45)52)57-39(47)34-32-30-28-26-24-22-20-18-16-14-12-10-8-6-4-2/h4,11,13,17,19,37,40-45,48-52H,2-3,5-10,12,14-16,18,20-36H2,1H3,(H,53,54)/b13-11+,19-17+/t37-,40?,41-,42?,43?,44?,45?/m1/s1. The van der Waals surface area contributed by atoms with Crippen molar-refractivity contribution in [1.82, 2.24) is 0 Å². The number of hydrogen-bond acceptors (Lipinski definition) is 12. The number of esters is 2. The van der Waals surface area contributed by atoms with Crippen molar-refractivity contribution in [2.75, 3.05) is 13.2 Å². The first-order chi connectivity index (χ1) is 28.4. The maximum atomic E-state index is 12.8. The Bertz CT molecular complexity index is 1160.